The van der Waals surface area contributed by atoms with E-state index < -0.39 is 18.1 Å². The van der Waals surface area contributed by atoms with Gasteiger partial charge in [-0.25, -0.2) is 4.39 Å². The quantitative estimate of drug-likeness (QED) is 0.407. The highest BCUT2D eigenvalue weighted by molar-refractivity contribution is 5.95. The molecule has 1 aliphatic heterocycles. The van der Waals surface area contributed by atoms with Crippen LogP contribution in [-0.2, 0) is 25.6 Å². The third-order valence-corrected chi connectivity index (χ3v) is 8.55. The number of amides is 4. The molecule has 1 aromatic rings. The minimum atomic E-state index is -0.864. The summed E-state index contributed by atoms with van der Waals surface area (Å²) in [5, 5.41) is 8.71. The molecule has 1 heterocycles. The predicted octanol–water partition coefficient (Wildman–Crippen LogP) is 3.73. The summed E-state index contributed by atoms with van der Waals surface area (Å²) in [4.78, 5) is 55.2. The fourth-order valence-electron chi connectivity index (χ4n) is 5.63. The van der Waals surface area contributed by atoms with Crippen LogP contribution in [-0.4, -0.2) is 59.7 Å². The maximum absolute atomic E-state index is 14.0. The molecular formula is C31H47FN4O4. The molecule has 8 nitrogen and oxygen atoms in total. The smallest absolute Gasteiger partial charge is 0.246 e. The summed E-state index contributed by atoms with van der Waals surface area (Å²) in [6.45, 7) is 10.5. The van der Waals surface area contributed by atoms with Crippen molar-refractivity contribution in [3.63, 3.8) is 0 Å². The Kier molecular flexibility index (Phi) is 11.1. The lowest BCUT2D eigenvalue weighted by Crippen LogP contribution is -2.58. The molecule has 0 bridgehead atoms. The Labute approximate surface area is 238 Å². The third-order valence-electron chi connectivity index (χ3n) is 8.55. The van der Waals surface area contributed by atoms with Crippen molar-refractivity contribution in [2.75, 3.05) is 13.1 Å². The minimum Gasteiger partial charge on any atom is -0.355 e. The van der Waals surface area contributed by atoms with E-state index in [2.05, 4.69) is 16.0 Å². The van der Waals surface area contributed by atoms with E-state index in [9.17, 15) is 23.6 Å². The van der Waals surface area contributed by atoms with Crippen LogP contribution < -0.4 is 16.0 Å². The van der Waals surface area contributed by atoms with Gasteiger partial charge in [-0.1, -0.05) is 59.1 Å². The molecule has 1 aromatic carbocycles. The Balaban J connectivity index is 1.78. The van der Waals surface area contributed by atoms with Crippen molar-refractivity contribution in [1.82, 2.24) is 20.9 Å². The Morgan fingerprint density at radius 1 is 0.950 bits per heavy atom. The maximum atomic E-state index is 14.0. The SMILES string of the molecule is CCNC(=O)[C@H](Cc1ccc(F)cc1)NC(=O)[C@@H]1CCCN1C(=O)[C@@H](NC(=O)[C@H](C)C(C)(C)C)C1CCCCC1. The Morgan fingerprint density at radius 2 is 1.60 bits per heavy atom. The van der Waals surface area contributed by atoms with Gasteiger partial charge in [0, 0.05) is 25.4 Å². The number of likely N-dealkylation sites (tertiary alicyclic amines) is 1. The van der Waals surface area contributed by atoms with Crippen LogP contribution in [0.2, 0.25) is 0 Å². The van der Waals surface area contributed by atoms with Crippen LogP contribution >= 0.6 is 0 Å². The second-order valence-electron chi connectivity index (χ2n) is 12.4. The molecule has 2 aliphatic rings. The number of nitrogens with zero attached hydrogens (tertiary/aromatic N) is 1. The van der Waals surface area contributed by atoms with Gasteiger partial charge >= 0.3 is 0 Å². The minimum absolute atomic E-state index is 0.0308. The molecular weight excluding hydrogens is 511 g/mol. The zero-order valence-electron chi connectivity index (χ0n) is 24.7. The van der Waals surface area contributed by atoms with Gasteiger partial charge in [0.2, 0.25) is 23.6 Å². The number of nitrogens with one attached hydrogen (secondary N) is 3. The number of carbonyl (C=O) groups excluding carboxylic acids is 4. The maximum Gasteiger partial charge on any atom is 0.246 e. The van der Waals surface area contributed by atoms with Crippen LogP contribution in [0.4, 0.5) is 4.39 Å². The summed E-state index contributed by atoms with van der Waals surface area (Å²) in [5.74, 6) is -1.71. The van der Waals surface area contributed by atoms with Crippen molar-refractivity contribution in [1.29, 1.82) is 0 Å². The van der Waals surface area contributed by atoms with E-state index in [1.54, 1.807) is 24.0 Å². The first kappa shape index (κ1) is 31.6. The molecule has 40 heavy (non-hydrogen) atoms. The highest BCUT2D eigenvalue weighted by Crippen LogP contribution is 2.31. The molecule has 4 atom stereocenters. The zero-order valence-corrected chi connectivity index (χ0v) is 24.7. The third kappa shape index (κ3) is 8.27. The van der Waals surface area contributed by atoms with Crippen LogP contribution in [0.3, 0.4) is 0 Å². The molecule has 9 heteroatoms. The number of likely N-dealkylation sites (N-methyl/N-ethyl adjacent to an activating group) is 1. The normalized spacial score (nSPS) is 20.4. The molecule has 1 aliphatic carbocycles. The van der Waals surface area contributed by atoms with Crippen LogP contribution in [0.15, 0.2) is 24.3 Å². The van der Waals surface area contributed by atoms with Gasteiger partial charge in [0.15, 0.2) is 0 Å². The van der Waals surface area contributed by atoms with Gasteiger partial charge < -0.3 is 20.9 Å². The highest BCUT2D eigenvalue weighted by atomic mass is 19.1. The summed E-state index contributed by atoms with van der Waals surface area (Å²) < 4.78 is 13.4. The fourth-order valence-corrected chi connectivity index (χ4v) is 5.63. The zero-order chi connectivity index (χ0) is 29.4. The average Bonchev–Trinajstić information content (AvgIpc) is 3.42. The molecule has 0 radical (unpaired) electrons. The number of hydrogen-bond acceptors (Lipinski definition) is 4. The van der Waals surface area contributed by atoms with Crippen molar-refractivity contribution < 1.29 is 23.6 Å². The molecule has 1 saturated heterocycles. The van der Waals surface area contributed by atoms with Crippen LogP contribution in [0.1, 0.15) is 85.1 Å². The molecule has 222 valence electrons. The first-order chi connectivity index (χ1) is 18.9. The van der Waals surface area contributed by atoms with E-state index in [1.807, 2.05) is 27.7 Å². The number of benzene rings is 1. The molecule has 0 unspecified atom stereocenters. The molecule has 4 amide bonds. The van der Waals surface area contributed by atoms with Gasteiger partial charge in [-0.2, -0.15) is 0 Å². The first-order valence-corrected chi connectivity index (χ1v) is 14.9. The average molecular weight is 559 g/mol. The second kappa shape index (κ2) is 14.1. The number of halogens is 1. The summed E-state index contributed by atoms with van der Waals surface area (Å²) in [7, 11) is 0. The van der Waals surface area contributed by atoms with E-state index in [0.717, 1.165) is 32.1 Å². The van der Waals surface area contributed by atoms with Gasteiger partial charge in [-0.05, 0) is 61.6 Å². The van der Waals surface area contributed by atoms with E-state index in [4.69, 9.17) is 0 Å². The summed E-state index contributed by atoms with van der Waals surface area (Å²) >= 11 is 0. The lowest BCUT2D eigenvalue weighted by Gasteiger charge is -2.36. The molecule has 1 saturated carbocycles. The van der Waals surface area contributed by atoms with Gasteiger partial charge in [-0.3, -0.25) is 19.2 Å². The molecule has 3 rings (SSSR count). The largest absolute Gasteiger partial charge is 0.355 e. The standard InChI is InChI=1S/C31H47FN4O4/c1-6-33-28(38)24(19-21-14-16-23(32)17-15-21)34-29(39)25-13-10-18-36(25)30(40)26(22-11-8-7-9-12-22)35-27(37)20(2)31(3,4)5/h14-17,20,22,24-26H,6-13,18-19H2,1-5H3,(H,33,38)(H,34,39)(H,35,37)/t20-,24-,25-,26-/m0/s1. The Bertz CT molecular complexity index is 1030. The number of carbonyl (C=O) groups is 4. The lowest BCUT2D eigenvalue weighted by molar-refractivity contribution is -0.144. The van der Waals surface area contributed by atoms with Gasteiger partial charge in [0.25, 0.3) is 0 Å². The Hall–Kier alpha value is -2.97. The van der Waals surface area contributed by atoms with E-state index in [1.165, 1.54) is 12.1 Å². The van der Waals surface area contributed by atoms with Crippen molar-refractivity contribution in [3.05, 3.63) is 35.6 Å². The molecule has 3 N–H and O–H groups in total. The number of rotatable bonds is 10. The molecule has 2 fully saturated rings. The van der Waals surface area contributed by atoms with Gasteiger partial charge in [0.05, 0.1) is 0 Å². The van der Waals surface area contributed by atoms with Crippen molar-refractivity contribution in [2.45, 2.75) is 104 Å². The van der Waals surface area contributed by atoms with Crippen molar-refractivity contribution in [2.24, 2.45) is 17.3 Å². The highest BCUT2D eigenvalue weighted by Gasteiger charge is 2.42. The van der Waals surface area contributed by atoms with Gasteiger partial charge in [0.1, 0.15) is 23.9 Å². The summed E-state index contributed by atoms with van der Waals surface area (Å²) in [6, 6.07) is 3.57. The van der Waals surface area contributed by atoms with E-state index in [-0.39, 0.29) is 53.1 Å². The fraction of sp³-hybridized carbons (Fsp3) is 0.677. The summed E-state index contributed by atoms with van der Waals surface area (Å²) in [5.41, 5.74) is 0.462. The molecule has 0 spiro atoms. The molecule has 0 aromatic heterocycles. The summed E-state index contributed by atoms with van der Waals surface area (Å²) in [6.07, 6.45) is 6.22. The van der Waals surface area contributed by atoms with Crippen molar-refractivity contribution >= 4 is 23.6 Å². The van der Waals surface area contributed by atoms with E-state index >= 15 is 0 Å². The first-order valence-electron chi connectivity index (χ1n) is 14.9. The monoisotopic (exact) mass is 558 g/mol. The van der Waals surface area contributed by atoms with E-state index in [0.29, 0.717) is 31.5 Å². The van der Waals surface area contributed by atoms with Crippen LogP contribution in [0.5, 0.6) is 0 Å². The number of hydrogen-bond donors (Lipinski definition) is 3. The second-order valence-corrected chi connectivity index (χ2v) is 12.4. The van der Waals surface area contributed by atoms with Crippen LogP contribution in [0.25, 0.3) is 0 Å². The topological polar surface area (TPSA) is 108 Å². The lowest BCUT2D eigenvalue weighted by atomic mass is 9.80. The predicted molar refractivity (Wildman–Crippen MR) is 153 cm³/mol. The van der Waals surface area contributed by atoms with Gasteiger partial charge in [-0.15, -0.1) is 0 Å². The Morgan fingerprint density at radius 3 is 2.20 bits per heavy atom. The van der Waals surface area contributed by atoms with Crippen LogP contribution in [0, 0.1) is 23.1 Å². The van der Waals surface area contributed by atoms with Crippen molar-refractivity contribution in [3.8, 4) is 0 Å².